The number of fused-ring (bicyclic) bond motifs is 1. The highest BCUT2D eigenvalue weighted by molar-refractivity contribution is 7.16. The first-order chi connectivity index (χ1) is 12.7. The molecule has 0 saturated carbocycles. The molecule has 0 atom stereocenters. The minimum atomic E-state index is -0.294. The van der Waals surface area contributed by atoms with Crippen LogP contribution in [0.3, 0.4) is 0 Å². The molecule has 0 fully saturated rings. The Hall–Kier alpha value is -2.31. The molecule has 3 rings (SSSR count). The zero-order valence-corrected chi connectivity index (χ0v) is 15.5. The van der Waals surface area contributed by atoms with Crippen molar-refractivity contribution in [2.24, 2.45) is 4.99 Å². The van der Waals surface area contributed by atoms with Gasteiger partial charge in [0.25, 0.3) is 0 Å². The fourth-order valence-electron chi connectivity index (χ4n) is 2.71. The highest BCUT2D eigenvalue weighted by atomic mass is 32.1. The largest absolute Gasteiger partial charge is 0.380 e. The van der Waals surface area contributed by atoms with Crippen LogP contribution in [-0.4, -0.2) is 23.7 Å². The van der Waals surface area contributed by atoms with Crippen molar-refractivity contribution in [1.82, 2.24) is 4.57 Å². The second kappa shape index (κ2) is 8.87. The van der Waals surface area contributed by atoms with Crippen molar-refractivity contribution < 1.29 is 13.9 Å². The second-order valence-electron chi connectivity index (χ2n) is 5.84. The molecule has 0 N–H and O–H groups in total. The van der Waals surface area contributed by atoms with E-state index in [0.717, 1.165) is 15.8 Å². The quantitative estimate of drug-likeness (QED) is 0.590. The third-order valence-electron chi connectivity index (χ3n) is 4.00. The molecule has 2 aromatic carbocycles. The first kappa shape index (κ1) is 18.5. The number of aryl methyl sites for hydroxylation is 1. The standard InChI is InChI=1S/C20H21FN2O2S/c1-2-25-13-12-23-17-10-9-16(21)14-18(17)26-20(23)22-19(24)11-8-15-6-4-3-5-7-15/h3-7,9-10,14H,2,8,11-13H2,1H3. The summed E-state index contributed by atoms with van der Waals surface area (Å²) in [5.41, 5.74) is 1.98. The van der Waals surface area contributed by atoms with Gasteiger partial charge in [0.2, 0.25) is 5.91 Å². The zero-order chi connectivity index (χ0) is 18.4. The fourth-order valence-corrected chi connectivity index (χ4v) is 3.81. The third kappa shape index (κ3) is 4.65. The van der Waals surface area contributed by atoms with Crippen LogP contribution < -0.4 is 4.80 Å². The number of halogens is 1. The van der Waals surface area contributed by atoms with Gasteiger partial charge in [-0.1, -0.05) is 41.7 Å². The number of ether oxygens (including phenoxy) is 1. The number of rotatable bonds is 7. The lowest BCUT2D eigenvalue weighted by molar-refractivity contribution is -0.118. The van der Waals surface area contributed by atoms with Crippen LogP contribution in [0.4, 0.5) is 4.39 Å². The van der Waals surface area contributed by atoms with E-state index in [1.54, 1.807) is 6.07 Å². The molecule has 3 aromatic rings. The molecular weight excluding hydrogens is 351 g/mol. The van der Waals surface area contributed by atoms with E-state index in [1.807, 2.05) is 41.8 Å². The van der Waals surface area contributed by atoms with Crippen LogP contribution in [0.5, 0.6) is 0 Å². The molecule has 0 radical (unpaired) electrons. The van der Waals surface area contributed by atoms with Crippen LogP contribution in [-0.2, 0) is 22.5 Å². The Bertz CT molecular complexity index is 947. The summed E-state index contributed by atoms with van der Waals surface area (Å²) in [6, 6.07) is 14.5. The molecule has 26 heavy (non-hydrogen) atoms. The molecule has 0 bridgehead atoms. The smallest absolute Gasteiger partial charge is 0.248 e. The molecule has 0 spiro atoms. The lowest BCUT2D eigenvalue weighted by Crippen LogP contribution is -2.19. The van der Waals surface area contributed by atoms with E-state index >= 15 is 0 Å². The Morgan fingerprint density at radius 2 is 2.04 bits per heavy atom. The van der Waals surface area contributed by atoms with Crippen molar-refractivity contribution in [3.8, 4) is 0 Å². The first-order valence-corrected chi connectivity index (χ1v) is 9.47. The summed E-state index contributed by atoms with van der Waals surface area (Å²) in [7, 11) is 0. The molecule has 0 unspecified atom stereocenters. The highest BCUT2D eigenvalue weighted by Crippen LogP contribution is 2.18. The molecule has 0 aliphatic carbocycles. The number of nitrogens with zero attached hydrogens (tertiary/aromatic N) is 2. The van der Waals surface area contributed by atoms with Crippen LogP contribution in [0.15, 0.2) is 53.5 Å². The average molecular weight is 372 g/mol. The highest BCUT2D eigenvalue weighted by Gasteiger charge is 2.09. The maximum atomic E-state index is 13.5. The van der Waals surface area contributed by atoms with Gasteiger partial charge in [0.05, 0.1) is 16.8 Å². The second-order valence-corrected chi connectivity index (χ2v) is 6.85. The maximum absolute atomic E-state index is 13.5. The van der Waals surface area contributed by atoms with E-state index in [4.69, 9.17) is 4.74 Å². The molecule has 0 aliphatic heterocycles. The number of hydrogen-bond donors (Lipinski definition) is 0. The topological polar surface area (TPSA) is 43.6 Å². The van der Waals surface area contributed by atoms with E-state index in [2.05, 4.69) is 4.99 Å². The number of thiazole rings is 1. The Labute approximate surface area is 155 Å². The third-order valence-corrected chi connectivity index (χ3v) is 5.04. The minimum Gasteiger partial charge on any atom is -0.380 e. The Balaban J connectivity index is 1.85. The van der Waals surface area contributed by atoms with Crippen LogP contribution >= 0.6 is 11.3 Å². The summed E-state index contributed by atoms with van der Waals surface area (Å²) in [6.45, 7) is 3.65. The molecule has 136 valence electrons. The molecule has 0 aliphatic rings. The van der Waals surface area contributed by atoms with Gasteiger partial charge in [-0.25, -0.2) is 4.39 Å². The van der Waals surface area contributed by atoms with E-state index in [-0.39, 0.29) is 11.7 Å². The van der Waals surface area contributed by atoms with Gasteiger partial charge in [0, 0.05) is 19.6 Å². The minimum absolute atomic E-state index is 0.175. The predicted octanol–water partition coefficient (Wildman–Crippen LogP) is 3.94. The van der Waals surface area contributed by atoms with Crippen molar-refractivity contribution >= 4 is 27.5 Å². The van der Waals surface area contributed by atoms with Gasteiger partial charge in [-0.15, -0.1) is 0 Å². The fraction of sp³-hybridized carbons (Fsp3) is 0.300. The van der Waals surface area contributed by atoms with Crippen LogP contribution in [0, 0.1) is 5.82 Å². The predicted molar refractivity (Wildman–Crippen MR) is 102 cm³/mol. The van der Waals surface area contributed by atoms with Gasteiger partial charge in [-0.05, 0) is 37.1 Å². The van der Waals surface area contributed by atoms with E-state index in [0.29, 0.717) is 37.4 Å². The maximum Gasteiger partial charge on any atom is 0.248 e. The normalized spacial score (nSPS) is 12.0. The zero-order valence-electron chi connectivity index (χ0n) is 14.7. The van der Waals surface area contributed by atoms with Crippen LogP contribution in [0.25, 0.3) is 10.2 Å². The molecule has 1 aromatic heterocycles. The number of hydrogen-bond acceptors (Lipinski definition) is 3. The lowest BCUT2D eigenvalue weighted by atomic mass is 10.1. The summed E-state index contributed by atoms with van der Waals surface area (Å²) >= 11 is 1.33. The Morgan fingerprint density at radius 3 is 2.81 bits per heavy atom. The number of benzene rings is 2. The number of amides is 1. The van der Waals surface area contributed by atoms with E-state index in [1.165, 1.54) is 23.5 Å². The first-order valence-electron chi connectivity index (χ1n) is 8.65. The van der Waals surface area contributed by atoms with Crippen LogP contribution in [0.2, 0.25) is 0 Å². The van der Waals surface area contributed by atoms with Crippen molar-refractivity contribution in [3.63, 3.8) is 0 Å². The van der Waals surface area contributed by atoms with Crippen molar-refractivity contribution in [2.75, 3.05) is 13.2 Å². The number of carbonyl (C=O) groups is 1. The molecular formula is C20H21FN2O2S. The number of carbonyl (C=O) groups excluding carboxylic acids is 1. The van der Waals surface area contributed by atoms with Crippen LogP contribution in [0.1, 0.15) is 18.9 Å². The van der Waals surface area contributed by atoms with Gasteiger partial charge in [0.15, 0.2) is 4.80 Å². The molecule has 0 saturated heterocycles. The average Bonchev–Trinajstić information content (AvgIpc) is 2.97. The summed E-state index contributed by atoms with van der Waals surface area (Å²) < 4.78 is 21.7. The Morgan fingerprint density at radius 1 is 1.23 bits per heavy atom. The van der Waals surface area contributed by atoms with Gasteiger partial charge < -0.3 is 9.30 Å². The molecule has 1 amide bonds. The summed E-state index contributed by atoms with van der Waals surface area (Å²) in [6.07, 6.45) is 1.000. The van der Waals surface area contributed by atoms with Crippen molar-refractivity contribution in [1.29, 1.82) is 0 Å². The van der Waals surface area contributed by atoms with Gasteiger partial charge in [-0.3, -0.25) is 4.79 Å². The van der Waals surface area contributed by atoms with E-state index in [9.17, 15) is 9.18 Å². The van der Waals surface area contributed by atoms with Gasteiger partial charge in [-0.2, -0.15) is 4.99 Å². The number of aromatic nitrogens is 1. The lowest BCUT2D eigenvalue weighted by Gasteiger charge is -2.05. The summed E-state index contributed by atoms with van der Waals surface area (Å²) in [4.78, 5) is 17.2. The Kier molecular flexibility index (Phi) is 6.30. The van der Waals surface area contributed by atoms with E-state index < -0.39 is 0 Å². The molecule has 1 heterocycles. The van der Waals surface area contributed by atoms with Crippen molar-refractivity contribution in [3.05, 3.63) is 64.7 Å². The molecule has 6 heteroatoms. The monoisotopic (exact) mass is 372 g/mol. The van der Waals surface area contributed by atoms with Gasteiger partial charge >= 0.3 is 0 Å². The van der Waals surface area contributed by atoms with Crippen molar-refractivity contribution in [2.45, 2.75) is 26.3 Å². The summed E-state index contributed by atoms with van der Waals surface area (Å²) in [5.74, 6) is -0.469. The SMILES string of the molecule is CCOCCn1c(=NC(=O)CCc2ccccc2)sc2cc(F)ccc21. The summed E-state index contributed by atoms with van der Waals surface area (Å²) in [5, 5.41) is 0. The van der Waals surface area contributed by atoms with Gasteiger partial charge in [0.1, 0.15) is 5.82 Å². The molecule has 4 nitrogen and oxygen atoms in total.